The first-order valence-corrected chi connectivity index (χ1v) is 3.42. The number of hydrogen-bond donors (Lipinski definition) is 0. The van der Waals surface area contributed by atoms with E-state index in [4.69, 9.17) is 5.39 Å². The van der Waals surface area contributed by atoms with Crippen LogP contribution < -0.4 is 0 Å². The highest BCUT2D eigenvalue weighted by atomic mass is 19.5. The summed E-state index contributed by atoms with van der Waals surface area (Å²) in [5.41, 5.74) is -0.650. The Morgan fingerprint density at radius 2 is 1.33 bits per heavy atom. The SMILES string of the molecule is F[B-](F)(F)F.N#[N+]c1c(F)cccc1F. The first kappa shape index (κ1) is 13.3. The molecule has 1 rings (SSSR count). The summed E-state index contributed by atoms with van der Waals surface area (Å²) in [4.78, 5) is 2.42. The Hall–Kier alpha value is -1.72. The van der Waals surface area contributed by atoms with Crippen LogP contribution in [0.5, 0.6) is 0 Å². The molecule has 1 aromatic carbocycles. The van der Waals surface area contributed by atoms with E-state index in [2.05, 4.69) is 4.98 Å². The number of hydrogen-bond acceptors (Lipinski definition) is 1. The van der Waals surface area contributed by atoms with Gasteiger partial charge < -0.3 is 17.3 Å². The number of nitrogens with zero attached hydrogens (tertiary/aromatic N) is 2. The molecular weight excluding hydrogens is 225 g/mol. The van der Waals surface area contributed by atoms with Crippen molar-refractivity contribution in [1.29, 1.82) is 5.39 Å². The third-order valence-electron chi connectivity index (χ3n) is 1.04. The van der Waals surface area contributed by atoms with E-state index < -0.39 is 24.6 Å². The zero-order valence-electron chi connectivity index (χ0n) is 6.97. The van der Waals surface area contributed by atoms with Crippen molar-refractivity contribution in [3.8, 4) is 0 Å². The van der Waals surface area contributed by atoms with Gasteiger partial charge in [0.05, 0.1) is 0 Å². The second kappa shape index (κ2) is 5.24. The zero-order valence-corrected chi connectivity index (χ0v) is 6.97. The van der Waals surface area contributed by atoms with E-state index in [1.54, 1.807) is 0 Å². The van der Waals surface area contributed by atoms with Gasteiger partial charge in [0, 0.05) is 0 Å². The predicted octanol–water partition coefficient (Wildman–Crippen LogP) is 3.75. The summed E-state index contributed by atoms with van der Waals surface area (Å²) in [6.07, 6.45) is 0. The Balaban J connectivity index is 0.000000336. The molecule has 1 aromatic rings. The standard InChI is InChI=1S/C6H3F2N2.BF4/c7-4-2-1-3-5(8)6(4)10-9;2-1(3,4)5/h1-3H;/q+1;-1. The van der Waals surface area contributed by atoms with Gasteiger partial charge in [-0.15, -0.1) is 0 Å². The lowest BCUT2D eigenvalue weighted by Crippen LogP contribution is -2.02. The van der Waals surface area contributed by atoms with Crippen molar-refractivity contribution in [3.63, 3.8) is 0 Å². The predicted molar refractivity (Wildman–Crippen MR) is 41.3 cm³/mol. The van der Waals surface area contributed by atoms with Gasteiger partial charge >= 0.3 is 12.9 Å². The lowest BCUT2D eigenvalue weighted by molar-refractivity contribution is 0.368. The molecule has 0 aliphatic rings. The molecule has 0 spiro atoms. The molecule has 9 heteroatoms. The summed E-state index contributed by atoms with van der Waals surface area (Å²) in [6.45, 7) is 0. The molecule has 0 saturated carbocycles. The fraction of sp³-hybridized carbons (Fsp3) is 0. The van der Waals surface area contributed by atoms with E-state index in [1.165, 1.54) is 6.07 Å². The molecule has 0 aliphatic carbocycles. The molecule has 0 radical (unpaired) electrons. The van der Waals surface area contributed by atoms with Gasteiger partial charge in [-0.2, -0.15) is 8.78 Å². The van der Waals surface area contributed by atoms with Gasteiger partial charge in [0.25, 0.3) is 0 Å². The summed E-state index contributed by atoms with van der Waals surface area (Å²) in [6, 6.07) is 3.22. The van der Waals surface area contributed by atoms with Gasteiger partial charge in [-0.1, -0.05) is 6.07 Å². The second-order valence-corrected chi connectivity index (χ2v) is 2.17. The van der Waals surface area contributed by atoms with Crippen LogP contribution in [0.1, 0.15) is 0 Å². The van der Waals surface area contributed by atoms with E-state index in [9.17, 15) is 26.0 Å². The molecule has 0 heterocycles. The van der Waals surface area contributed by atoms with Crippen molar-refractivity contribution in [2.75, 3.05) is 0 Å². The summed E-state index contributed by atoms with van der Waals surface area (Å²) < 4.78 is 63.7. The molecule has 0 aliphatic heterocycles. The number of benzene rings is 1. The molecular formula is C6H3BF6N2. The molecule has 0 saturated heterocycles. The lowest BCUT2D eigenvalue weighted by atomic mass is 10.3. The lowest BCUT2D eigenvalue weighted by Gasteiger charge is -1.94. The third-order valence-corrected chi connectivity index (χ3v) is 1.04. The highest BCUT2D eigenvalue weighted by Gasteiger charge is 2.20. The molecule has 0 unspecified atom stereocenters. The van der Waals surface area contributed by atoms with Crippen LogP contribution in [0.3, 0.4) is 0 Å². The average molecular weight is 228 g/mol. The van der Waals surface area contributed by atoms with Crippen molar-refractivity contribution in [2.24, 2.45) is 0 Å². The highest BCUT2D eigenvalue weighted by Crippen LogP contribution is 2.20. The fourth-order valence-electron chi connectivity index (χ4n) is 0.585. The molecule has 0 bridgehead atoms. The van der Waals surface area contributed by atoms with Crippen molar-refractivity contribution < 1.29 is 26.0 Å². The van der Waals surface area contributed by atoms with E-state index in [0.717, 1.165) is 12.1 Å². The summed E-state index contributed by atoms with van der Waals surface area (Å²) in [5.74, 6) is -1.75. The van der Waals surface area contributed by atoms with Crippen LogP contribution in [0.15, 0.2) is 18.2 Å². The zero-order chi connectivity index (χ0) is 12.1. The minimum atomic E-state index is -6.00. The first-order valence-electron chi connectivity index (χ1n) is 3.42. The van der Waals surface area contributed by atoms with Crippen LogP contribution in [0, 0.1) is 17.0 Å². The Kier molecular flexibility index (Phi) is 4.64. The third kappa shape index (κ3) is 6.37. The van der Waals surface area contributed by atoms with E-state index in [-0.39, 0.29) is 0 Å². The summed E-state index contributed by atoms with van der Waals surface area (Å²) >= 11 is 0. The van der Waals surface area contributed by atoms with Crippen LogP contribution >= 0.6 is 0 Å². The minimum Gasteiger partial charge on any atom is -0.418 e. The average Bonchev–Trinajstić information content (AvgIpc) is 2.01. The first-order chi connectivity index (χ1) is 6.75. The molecule has 0 aromatic heterocycles. The van der Waals surface area contributed by atoms with Gasteiger partial charge in [0.2, 0.25) is 17.0 Å². The van der Waals surface area contributed by atoms with Gasteiger partial charge in [0.15, 0.2) is 4.98 Å². The van der Waals surface area contributed by atoms with Crippen LogP contribution in [-0.2, 0) is 0 Å². The van der Waals surface area contributed by atoms with Gasteiger partial charge in [-0.3, -0.25) is 0 Å². The molecule has 82 valence electrons. The monoisotopic (exact) mass is 228 g/mol. The quantitative estimate of drug-likeness (QED) is 0.377. The Bertz CT molecular complexity index is 345. The van der Waals surface area contributed by atoms with E-state index in [1.807, 2.05) is 0 Å². The van der Waals surface area contributed by atoms with Crippen LogP contribution in [-0.4, -0.2) is 7.25 Å². The number of diazo groups is 1. The Morgan fingerprint density at radius 3 is 1.53 bits per heavy atom. The van der Waals surface area contributed by atoms with E-state index >= 15 is 0 Å². The summed E-state index contributed by atoms with van der Waals surface area (Å²) in [7, 11) is -6.00. The van der Waals surface area contributed by atoms with Gasteiger partial charge in [-0.25, -0.2) is 0 Å². The van der Waals surface area contributed by atoms with Crippen LogP contribution in [0.25, 0.3) is 4.98 Å². The van der Waals surface area contributed by atoms with Crippen LogP contribution in [0.2, 0.25) is 0 Å². The summed E-state index contributed by atoms with van der Waals surface area (Å²) in [5, 5.41) is 8.04. The highest BCUT2D eigenvalue weighted by molar-refractivity contribution is 6.50. The maximum atomic E-state index is 12.4. The normalized spacial score (nSPS) is 9.93. The molecule has 0 atom stereocenters. The van der Waals surface area contributed by atoms with Crippen molar-refractivity contribution in [3.05, 3.63) is 34.8 Å². The molecule has 15 heavy (non-hydrogen) atoms. The van der Waals surface area contributed by atoms with Crippen molar-refractivity contribution in [1.82, 2.24) is 0 Å². The molecule has 0 amide bonds. The van der Waals surface area contributed by atoms with E-state index in [0.29, 0.717) is 0 Å². The molecule has 2 nitrogen and oxygen atoms in total. The van der Waals surface area contributed by atoms with Crippen molar-refractivity contribution >= 4 is 12.9 Å². The van der Waals surface area contributed by atoms with Crippen molar-refractivity contribution in [2.45, 2.75) is 0 Å². The maximum Gasteiger partial charge on any atom is 0.673 e. The Labute approximate surface area is 80.2 Å². The number of halogens is 6. The number of rotatable bonds is 0. The second-order valence-electron chi connectivity index (χ2n) is 2.17. The minimum absolute atomic E-state index is 0.650. The smallest absolute Gasteiger partial charge is 0.418 e. The molecule has 0 N–H and O–H groups in total. The fourth-order valence-corrected chi connectivity index (χ4v) is 0.585. The largest absolute Gasteiger partial charge is 0.673 e. The molecule has 0 fully saturated rings. The van der Waals surface area contributed by atoms with Gasteiger partial charge in [-0.05, 0) is 12.1 Å². The maximum absolute atomic E-state index is 12.4. The Morgan fingerprint density at radius 1 is 1.00 bits per heavy atom. The van der Waals surface area contributed by atoms with Gasteiger partial charge in [0.1, 0.15) is 0 Å². The van der Waals surface area contributed by atoms with Crippen LogP contribution in [0.4, 0.5) is 31.7 Å². The topological polar surface area (TPSA) is 28.1 Å².